The molecule has 0 aliphatic carbocycles. The van der Waals surface area contributed by atoms with E-state index in [1.54, 1.807) is 52.0 Å². The van der Waals surface area contributed by atoms with E-state index in [-0.39, 0.29) is 13.1 Å². The van der Waals surface area contributed by atoms with Crippen molar-refractivity contribution in [3.8, 4) is 0 Å². The fraction of sp³-hybridized carbons (Fsp3) is 0.467. The Morgan fingerprint density at radius 2 is 0.947 bits per heavy atom. The number of carbonyl (C=O) groups excluding carboxylic acids is 4. The molecule has 0 atom stereocenters. The number of ether oxygens (including phenoxy) is 2. The number of hydrogen-bond donors (Lipinski definition) is 0. The van der Waals surface area contributed by atoms with Crippen LogP contribution < -0.4 is 9.80 Å². The van der Waals surface area contributed by atoms with Crippen LogP contribution in [0, 0.1) is 10.8 Å². The van der Waals surface area contributed by atoms with Crippen LogP contribution in [0.3, 0.4) is 0 Å². The first-order valence-electron chi connectivity index (χ1n) is 12.8. The highest BCUT2D eigenvalue weighted by Gasteiger charge is 2.40. The number of methoxy groups -OCH3 is 2. The molecule has 2 rings (SSSR count). The van der Waals surface area contributed by atoms with Crippen LogP contribution in [-0.2, 0) is 41.5 Å². The molecule has 8 heteroatoms. The van der Waals surface area contributed by atoms with Gasteiger partial charge in [0.1, 0.15) is 0 Å². The van der Waals surface area contributed by atoms with Crippen molar-refractivity contribution in [2.24, 2.45) is 10.8 Å². The van der Waals surface area contributed by atoms with Crippen LogP contribution >= 0.6 is 0 Å². The summed E-state index contributed by atoms with van der Waals surface area (Å²) in [6.45, 7) is 10.4. The Morgan fingerprint density at radius 3 is 1.24 bits per heavy atom. The minimum Gasteiger partial charge on any atom is -0.469 e. The second kappa shape index (κ2) is 12.7. The summed E-state index contributed by atoms with van der Waals surface area (Å²) in [4.78, 5) is 56.1. The van der Waals surface area contributed by atoms with Gasteiger partial charge < -0.3 is 19.3 Å². The van der Waals surface area contributed by atoms with Gasteiger partial charge in [-0.15, -0.1) is 0 Å². The first-order chi connectivity index (χ1) is 17.8. The summed E-state index contributed by atoms with van der Waals surface area (Å²) in [5.74, 6) is -2.63. The maximum atomic E-state index is 14.1. The van der Waals surface area contributed by atoms with E-state index in [4.69, 9.17) is 9.47 Å². The molecular formula is C30H40N2O6. The largest absolute Gasteiger partial charge is 0.469 e. The molecule has 0 unspecified atom stereocenters. The van der Waals surface area contributed by atoms with Gasteiger partial charge in [0.05, 0.1) is 25.0 Å². The second-order valence-corrected chi connectivity index (χ2v) is 10.5. The molecule has 0 aliphatic heterocycles. The minimum atomic E-state index is -1.09. The third kappa shape index (κ3) is 6.79. The molecule has 8 nitrogen and oxygen atoms in total. The second-order valence-electron chi connectivity index (χ2n) is 10.5. The molecule has 0 radical (unpaired) electrons. The zero-order valence-corrected chi connectivity index (χ0v) is 23.8. The van der Waals surface area contributed by atoms with E-state index in [0.717, 1.165) is 11.1 Å². The van der Waals surface area contributed by atoms with Crippen molar-refractivity contribution in [2.45, 2.75) is 54.4 Å². The SMILES string of the molecule is CCc1ccccc1N(CC(C)(C)C(=O)OC)C(=O)C(=O)N(CC(C)(C)C(=O)OC)c1ccccc1CC. The summed E-state index contributed by atoms with van der Waals surface area (Å²) in [5, 5.41) is 0. The van der Waals surface area contributed by atoms with Gasteiger partial charge in [-0.1, -0.05) is 50.2 Å². The lowest BCUT2D eigenvalue weighted by molar-refractivity contribution is -0.151. The van der Waals surface area contributed by atoms with Gasteiger partial charge in [-0.2, -0.15) is 0 Å². The van der Waals surface area contributed by atoms with E-state index in [1.165, 1.54) is 24.0 Å². The molecule has 2 aromatic carbocycles. The van der Waals surface area contributed by atoms with E-state index in [9.17, 15) is 19.2 Å². The van der Waals surface area contributed by atoms with Crippen molar-refractivity contribution in [1.29, 1.82) is 0 Å². The minimum absolute atomic E-state index is 0.0785. The van der Waals surface area contributed by atoms with Gasteiger partial charge in [0.15, 0.2) is 0 Å². The number of rotatable bonds is 10. The van der Waals surface area contributed by atoms with Crippen molar-refractivity contribution in [2.75, 3.05) is 37.1 Å². The number of nitrogens with zero attached hydrogens (tertiary/aromatic N) is 2. The number of amides is 2. The van der Waals surface area contributed by atoms with Crippen LogP contribution in [0.1, 0.15) is 52.7 Å². The molecule has 2 amide bonds. The number of carbonyl (C=O) groups is 4. The van der Waals surface area contributed by atoms with E-state index < -0.39 is 34.6 Å². The molecule has 0 saturated heterocycles. The van der Waals surface area contributed by atoms with Gasteiger partial charge in [-0.3, -0.25) is 19.2 Å². The normalized spacial score (nSPS) is 11.5. The molecule has 0 N–H and O–H groups in total. The third-order valence-corrected chi connectivity index (χ3v) is 6.58. The van der Waals surface area contributed by atoms with E-state index in [0.29, 0.717) is 24.2 Å². The molecule has 2 aromatic rings. The number of anilines is 2. The molecule has 0 spiro atoms. The Morgan fingerprint density at radius 1 is 0.632 bits per heavy atom. The monoisotopic (exact) mass is 524 g/mol. The Hall–Kier alpha value is -3.68. The van der Waals surface area contributed by atoms with Crippen molar-refractivity contribution < 1.29 is 28.7 Å². The van der Waals surface area contributed by atoms with E-state index in [1.807, 2.05) is 38.1 Å². The van der Waals surface area contributed by atoms with Crippen LogP contribution in [0.5, 0.6) is 0 Å². The molecule has 206 valence electrons. The van der Waals surface area contributed by atoms with E-state index >= 15 is 0 Å². The lowest BCUT2D eigenvalue weighted by Gasteiger charge is -2.35. The van der Waals surface area contributed by atoms with Crippen molar-refractivity contribution in [3.05, 3.63) is 59.7 Å². The summed E-state index contributed by atoms with van der Waals surface area (Å²) >= 11 is 0. The summed E-state index contributed by atoms with van der Waals surface area (Å²) in [7, 11) is 2.58. The summed E-state index contributed by atoms with van der Waals surface area (Å²) in [5.41, 5.74) is 0.600. The Balaban J connectivity index is 2.68. The highest BCUT2D eigenvalue weighted by atomic mass is 16.5. The van der Waals surface area contributed by atoms with Crippen molar-refractivity contribution in [1.82, 2.24) is 0 Å². The summed E-state index contributed by atoms with van der Waals surface area (Å²) in [6.07, 6.45) is 1.23. The number of para-hydroxylation sites is 2. The fourth-order valence-corrected chi connectivity index (χ4v) is 4.38. The zero-order valence-electron chi connectivity index (χ0n) is 23.8. The molecule has 0 heterocycles. The first-order valence-corrected chi connectivity index (χ1v) is 12.8. The van der Waals surface area contributed by atoms with E-state index in [2.05, 4.69) is 0 Å². The Bertz CT molecular complexity index is 1080. The number of benzene rings is 2. The predicted molar refractivity (Wildman–Crippen MR) is 148 cm³/mol. The van der Waals surface area contributed by atoms with Gasteiger partial charge in [0.25, 0.3) is 0 Å². The lowest BCUT2D eigenvalue weighted by Crippen LogP contribution is -2.53. The van der Waals surface area contributed by atoms with Gasteiger partial charge in [-0.25, -0.2) is 0 Å². The fourth-order valence-electron chi connectivity index (χ4n) is 4.38. The first kappa shape index (κ1) is 30.5. The van der Waals surface area contributed by atoms with Crippen molar-refractivity contribution >= 4 is 35.1 Å². The molecular weight excluding hydrogens is 484 g/mol. The lowest BCUT2D eigenvalue weighted by atomic mass is 9.91. The maximum absolute atomic E-state index is 14.1. The van der Waals surface area contributed by atoms with Crippen LogP contribution in [0.2, 0.25) is 0 Å². The summed E-state index contributed by atoms with van der Waals surface area (Å²) < 4.78 is 9.95. The Kier molecular flexibility index (Phi) is 10.2. The van der Waals surface area contributed by atoms with Crippen LogP contribution in [0.25, 0.3) is 0 Å². The Labute approximate surface area is 225 Å². The third-order valence-electron chi connectivity index (χ3n) is 6.58. The highest BCUT2D eigenvalue weighted by molar-refractivity contribution is 6.45. The molecule has 0 aromatic heterocycles. The number of esters is 2. The molecule has 0 aliphatic rings. The van der Waals surface area contributed by atoms with Gasteiger partial charge in [0, 0.05) is 24.5 Å². The molecule has 0 bridgehead atoms. The highest BCUT2D eigenvalue weighted by Crippen LogP contribution is 2.31. The quantitative estimate of drug-likeness (QED) is 0.334. The topological polar surface area (TPSA) is 93.2 Å². The van der Waals surface area contributed by atoms with Gasteiger partial charge in [0.2, 0.25) is 0 Å². The van der Waals surface area contributed by atoms with Crippen LogP contribution in [0.15, 0.2) is 48.5 Å². The molecule has 38 heavy (non-hydrogen) atoms. The maximum Gasteiger partial charge on any atom is 0.316 e. The number of hydrogen-bond acceptors (Lipinski definition) is 6. The van der Waals surface area contributed by atoms with Gasteiger partial charge in [-0.05, 0) is 63.8 Å². The average Bonchev–Trinajstić information content (AvgIpc) is 2.92. The standard InChI is InChI=1S/C30H40N2O6/c1-9-21-15-11-13-17-23(21)31(19-29(3,4)27(35)37-7)25(33)26(34)32(20-30(5,6)28(36)38-8)24-18-14-12-16-22(24)10-2/h11-18H,9-10,19-20H2,1-8H3. The predicted octanol–water partition coefficient (Wildman–Crippen LogP) is 4.58. The van der Waals surface area contributed by atoms with Crippen LogP contribution in [-0.4, -0.2) is 51.1 Å². The molecule has 0 fully saturated rings. The number of aryl methyl sites for hydroxylation is 2. The smallest absolute Gasteiger partial charge is 0.316 e. The molecule has 0 saturated carbocycles. The average molecular weight is 525 g/mol. The van der Waals surface area contributed by atoms with Gasteiger partial charge >= 0.3 is 23.8 Å². The van der Waals surface area contributed by atoms with Crippen molar-refractivity contribution in [3.63, 3.8) is 0 Å². The van der Waals surface area contributed by atoms with Crippen LogP contribution in [0.4, 0.5) is 11.4 Å². The zero-order chi connectivity index (χ0) is 28.7. The summed E-state index contributed by atoms with van der Waals surface area (Å²) in [6, 6.07) is 14.6.